The third-order valence-electron chi connectivity index (χ3n) is 4.14. The summed E-state index contributed by atoms with van der Waals surface area (Å²) in [6, 6.07) is 2.26. The van der Waals surface area contributed by atoms with Gasteiger partial charge in [-0.3, -0.25) is 9.69 Å². The number of carbonyl (C=O) groups excluding carboxylic acids is 1. The van der Waals surface area contributed by atoms with Crippen molar-refractivity contribution in [2.45, 2.75) is 52.0 Å². The van der Waals surface area contributed by atoms with Gasteiger partial charge in [-0.2, -0.15) is 0 Å². The van der Waals surface area contributed by atoms with Crippen LogP contribution in [0.5, 0.6) is 0 Å². The van der Waals surface area contributed by atoms with E-state index >= 15 is 0 Å². The second-order valence-corrected chi connectivity index (χ2v) is 8.54. The highest BCUT2D eigenvalue weighted by Gasteiger charge is 2.25. The Hall–Kier alpha value is -0.0900. The first kappa shape index (κ1) is 17.3. The lowest BCUT2D eigenvalue weighted by Gasteiger charge is -2.28. The molecule has 1 aromatic rings. The number of hydrogen-bond donors (Lipinski definition) is 0. The molecule has 2 rings (SSSR count). The Labute approximate surface area is 141 Å². The van der Waals surface area contributed by atoms with E-state index in [0.717, 1.165) is 13.0 Å². The van der Waals surface area contributed by atoms with E-state index in [-0.39, 0.29) is 5.78 Å². The molecular formula is C16H23Cl2NOS. The first-order valence-electron chi connectivity index (χ1n) is 7.69. The Morgan fingerprint density at radius 1 is 1.38 bits per heavy atom. The van der Waals surface area contributed by atoms with Crippen LogP contribution in [-0.2, 0) is 0 Å². The zero-order valence-electron chi connectivity index (χ0n) is 12.7. The van der Waals surface area contributed by atoms with Crippen LogP contribution in [0.3, 0.4) is 0 Å². The number of rotatable bonds is 7. The number of halogens is 2. The second-order valence-electron chi connectivity index (χ2n) is 6.25. The largest absolute Gasteiger partial charge is 0.293 e. The molecule has 0 radical (unpaired) electrons. The van der Waals surface area contributed by atoms with Crippen LogP contribution in [0.1, 0.15) is 56.3 Å². The highest BCUT2D eigenvalue weighted by Crippen LogP contribution is 2.32. The summed E-state index contributed by atoms with van der Waals surface area (Å²) in [7, 11) is 0. The number of hydrogen-bond acceptors (Lipinski definition) is 3. The van der Waals surface area contributed by atoms with Crippen molar-refractivity contribution in [2.24, 2.45) is 5.92 Å². The predicted molar refractivity (Wildman–Crippen MR) is 92.0 cm³/mol. The molecule has 0 aromatic carbocycles. The molecule has 1 aromatic heterocycles. The molecule has 21 heavy (non-hydrogen) atoms. The van der Waals surface area contributed by atoms with Crippen molar-refractivity contribution in [3.63, 3.8) is 0 Å². The van der Waals surface area contributed by atoms with Gasteiger partial charge in [-0.15, -0.1) is 11.3 Å². The lowest BCUT2D eigenvalue weighted by molar-refractivity contribution is 0.0886. The van der Waals surface area contributed by atoms with Crippen molar-refractivity contribution in [1.29, 1.82) is 0 Å². The third-order valence-corrected chi connectivity index (χ3v) is 5.63. The van der Waals surface area contributed by atoms with E-state index in [1.54, 1.807) is 6.07 Å². The molecule has 0 unspecified atom stereocenters. The summed E-state index contributed by atoms with van der Waals surface area (Å²) in [5, 5.41) is 0. The molecule has 1 heterocycles. The van der Waals surface area contributed by atoms with E-state index in [1.165, 1.54) is 37.0 Å². The van der Waals surface area contributed by atoms with Gasteiger partial charge in [-0.25, -0.2) is 0 Å². The van der Waals surface area contributed by atoms with E-state index in [2.05, 4.69) is 18.7 Å². The van der Waals surface area contributed by atoms with Crippen molar-refractivity contribution < 1.29 is 4.79 Å². The summed E-state index contributed by atoms with van der Waals surface area (Å²) in [6.07, 6.45) is 6.11. The zero-order valence-corrected chi connectivity index (χ0v) is 15.0. The number of thiophene rings is 1. The molecule has 0 amide bonds. The number of Topliss-reactive ketones (excluding diaryl/α,β-unsaturated/α-hetero) is 1. The Bertz CT molecular complexity index is 481. The first-order chi connectivity index (χ1) is 9.97. The fraction of sp³-hybridized carbons (Fsp3) is 0.688. The van der Waals surface area contributed by atoms with Crippen LogP contribution >= 0.6 is 34.5 Å². The number of carbonyl (C=O) groups is 1. The van der Waals surface area contributed by atoms with Gasteiger partial charge in [0.2, 0.25) is 0 Å². The van der Waals surface area contributed by atoms with Crippen LogP contribution in [0.15, 0.2) is 6.07 Å². The fourth-order valence-electron chi connectivity index (χ4n) is 2.88. The molecule has 1 aliphatic rings. The fourth-order valence-corrected chi connectivity index (χ4v) is 4.38. The summed E-state index contributed by atoms with van der Waals surface area (Å²) in [5.74, 6) is 0.752. The third kappa shape index (κ3) is 4.95. The normalized spacial score (nSPS) is 16.3. The maximum atomic E-state index is 12.5. The van der Waals surface area contributed by atoms with Crippen LogP contribution < -0.4 is 0 Å². The quantitative estimate of drug-likeness (QED) is 0.604. The maximum Gasteiger partial charge on any atom is 0.179 e. The molecule has 0 bridgehead atoms. The monoisotopic (exact) mass is 347 g/mol. The molecule has 0 spiro atoms. The molecule has 0 atom stereocenters. The Morgan fingerprint density at radius 2 is 2.05 bits per heavy atom. The summed E-state index contributed by atoms with van der Waals surface area (Å²) in [4.78, 5) is 14.9. The molecule has 2 nitrogen and oxygen atoms in total. The van der Waals surface area contributed by atoms with Crippen molar-refractivity contribution in [1.82, 2.24) is 4.90 Å². The molecule has 1 fully saturated rings. The number of ketones is 1. The SMILES string of the molecule is CC(C)CCN(CC(=O)c1cc(Cl)sc1Cl)C1CCCC1. The zero-order chi connectivity index (χ0) is 15.4. The molecule has 0 aliphatic heterocycles. The van der Waals surface area contributed by atoms with Crippen molar-refractivity contribution >= 4 is 40.3 Å². The van der Waals surface area contributed by atoms with Crippen LogP contribution in [0.2, 0.25) is 8.67 Å². The van der Waals surface area contributed by atoms with Gasteiger partial charge in [0, 0.05) is 6.04 Å². The average molecular weight is 348 g/mol. The van der Waals surface area contributed by atoms with Gasteiger partial charge in [-0.05, 0) is 37.8 Å². The van der Waals surface area contributed by atoms with Gasteiger partial charge >= 0.3 is 0 Å². The minimum atomic E-state index is 0.0961. The topological polar surface area (TPSA) is 20.3 Å². The van der Waals surface area contributed by atoms with Crippen molar-refractivity contribution in [3.8, 4) is 0 Å². The van der Waals surface area contributed by atoms with Gasteiger partial charge in [0.1, 0.15) is 4.34 Å². The molecule has 5 heteroatoms. The Morgan fingerprint density at radius 3 is 2.57 bits per heavy atom. The van der Waals surface area contributed by atoms with Crippen molar-refractivity contribution in [2.75, 3.05) is 13.1 Å². The van der Waals surface area contributed by atoms with Crippen LogP contribution in [0, 0.1) is 5.92 Å². The van der Waals surface area contributed by atoms with Gasteiger partial charge in [0.15, 0.2) is 5.78 Å². The predicted octanol–water partition coefficient (Wildman–Crippen LogP) is 5.53. The van der Waals surface area contributed by atoms with Gasteiger partial charge in [0.25, 0.3) is 0 Å². The van der Waals surface area contributed by atoms with Gasteiger partial charge in [0.05, 0.1) is 16.4 Å². The van der Waals surface area contributed by atoms with E-state index < -0.39 is 0 Å². The van der Waals surface area contributed by atoms with E-state index in [9.17, 15) is 4.79 Å². The summed E-state index contributed by atoms with van der Waals surface area (Å²) in [6.45, 7) is 5.90. The molecule has 1 aliphatic carbocycles. The lowest BCUT2D eigenvalue weighted by atomic mass is 10.1. The smallest absolute Gasteiger partial charge is 0.179 e. The van der Waals surface area contributed by atoms with E-state index in [0.29, 0.717) is 32.7 Å². The summed E-state index contributed by atoms with van der Waals surface area (Å²) < 4.78 is 1.10. The molecule has 1 saturated carbocycles. The van der Waals surface area contributed by atoms with Crippen molar-refractivity contribution in [3.05, 3.63) is 20.3 Å². The molecule has 0 saturated heterocycles. The van der Waals surface area contributed by atoms with E-state index in [4.69, 9.17) is 23.2 Å². The van der Waals surface area contributed by atoms with Crippen LogP contribution in [-0.4, -0.2) is 29.8 Å². The Balaban J connectivity index is 2.02. The average Bonchev–Trinajstić information content (AvgIpc) is 3.03. The molecular weight excluding hydrogens is 325 g/mol. The highest BCUT2D eigenvalue weighted by molar-refractivity contribution is 7.20. The minimum absolute atomic E-state index is 0.0961. The highest BCUT2D eigenvalue weighted by atomic mass is 35.5. The van der Waals surface area contributed by atoms with E-state index in [1.807, 2.05) is 0 Å². The standard InChI is InChI=1S/C16H23Cl2NOS/c1-11(2)7-8-19(12-5-3-4-6-12)10-14(20)13-9-15(17)21-16(13)18/h9,11-12H,3-8,10H2,1-2H3. The van der Waals surface area contributed by atoms with Crippen LogP contribution in [0.4, 0.5) is 0 Å². The van der Waals surface area contributed by atoms with Gasteiger partial charge < -0.3 is 0 Å². The Kier molecular flexibility index (Phi) is 6.54. The minimum Gasteiger partial charge on any atom is -0.293 e. The van der Waals surface area contributed by atoms with Gasteiger partial charge in [-0.1, -0.05) is 49.9 Å². The van der Waals surface area contributed by atoms with Crippen LogP contribution in [0.25, 0.3) is 0 Å². The lowest BCUT2D eigenvalue weighted by Crippen LogP contribution is -2.38. The second kappa shape index (κ2) is 7.96. The molecule has 0 N–H and O–H groups in total. The number of nitrogens with zero attached hydrogens (tertiary/aromatic N) is 1. The summed E-state index contributed by atoms with van der Waals surface area (Å²) >= 11 is 13.3. The summed E-state index contributed by atoms with van der Waals surface area (Å²) in [5.41, 5.74) is 0.583. The first-order valence-corrected chi connectivity index (χ1v) is 9.26. The maximum absolute atomic E-state index is 12.5. The molecule has 118 valence electrons.